The van der Waals surface area contributed by atoms with Crippen molar-refractivity contribution in [2.24, 2.45) is 5.92 Å². The van der Waals surface area contributed by atoms with E-state index in [0.29, 0.717) is 37.8 Å². The normalized spacial score (nSPS) is 16.8. The molecule has 150 valence electrons. The van der Waals surface area contributed by atoms with Crippen molar-refractivity contribution in [1.29, 1.82) is 0 Å². The van der Waals surface area contributed by atoms with Crippen molar-refractivity contribution in [3.63, 3.8) is 0 Å². The fourth-order valence-electron chi connectivity index (χ4n) is 3.80. The zero-order valence-electron chi connectivity index (χ0n) is 17.0. The zero-order valence-corrected chi connectivity index (χ0v) is 17.0. The maximum Gasteiger partial charge on any atom is 0.276 e. The van der Waals surface area contributed by atoms with Crippen LogP contribution in [0.3, 0.4) is 0 Å². The van der Waals surface area contributed by atoms with E-state index >= 15 is 0 Å². The summed E-state index contributed by atoms with van der Waals surface area (Å²) in [6.07, 6.45) is 3.74. The lowest BCUT2D eigenvalue weighted by Gasteiger charge is -2.33. The SMILES string of the molecule is CCN(CC)C(=O)c1cn(C[C@@H]2CCCN(C(=O)c3ccccc3C)C2)nn1. The van der Waals surface area contributed by atoms with Gasteiger partial charge < -0.3 is 9.80 Å². The number of aryl methyl sites for hydroxylation is 1. The summed E-state index contributed by atoms with van der Waals surface area (Å²) in [5.74, 6) is 0.315. The number of piperidine rings is 1. The molecule has 0 N–H and O–H groups in total. The van der Waals surface area contributed by atoms with Gasteiger partial charge >= 0.3 is 0 Å². The number of benzene rings is 1. The Kier molecular flexibility index (Phi) is 6.44. The third-order valence-corrected chi connectivity index (χ3v) is 5.44. The van der Waals surface area contributed by atoms with E-state index in [1.165, 1.54) is 0 Å². The van der Waals surface area contributed by atoms with E-state index in [9.17, 15) is 9.59 Å². The molecule has 28 heavy (non-hydrogen) atoms. The molecule has 1 fully saturated rings. The van der Waals surface area contributed by atoms with Gasteiger partial charge in [0, 0.05) is 38.3 Å². The molecule has 7 nitrogen and oxygen atoms in total. The molecule has 2 aromatic rings. The van der Waals surface area contributed by atoms with E-state index in [1.54, 1.807) is 15.8 Å². The van der Waals surface area contributed by atoms with Gasteiger partial charge in [0.15, 0.2) is 5.69 Å². The summed E-state index contributed by atoms with van der Waals surface area (Å²) in [6.45, 7) is 9.33. The lowest BCUT2D eigenvalue weighted by atomic mass is 9.97. The van der Waals surface area contributed by atoms with E-state index in [0.717, 1.165) is 30.5 Å². The number of aromatic nitrogens is 3. The molecule has 0 radical (unpaired) electrons. The minimum absolute atomic E-state index is 0.0868. The zero-order chi connectivity index (χ0) is 20.1. The van der Waals surface area contributed by atoms with Crippen molar-refractivity contribution in [2.45, 2.75) is 40.2 Å². The molecule has 0 aliphatic carbocycles. The molecule has 1 aliphatic heterocycles. The number of amides is 2. The van der Waals surface area contributed by atoms with Crippen LogP contribution in [0.15, 0.2) is 30.5 Å². The Balaban J connectivity index is 1.63. The van der Waals surface area contributed by atoms with Gasteiger partial charge in [-0.05, 0) is 51.2 Å². The molecule has 2 amide bonds. The van der Waals surface area contributed by atoms with Gasteiger partial charge in [0.2, 0.25) is 0 Å². The number of hydrogen-bond acceptors (Lipinski definition) is 4. The Labute approximate surface area is 166 Å². The van der Waals surface area contributed by atoms with Gasteiger partial charge in [0.25, 0.3) is 11.8 Å². The largest absolute Gasteiger partial charge is 0.338 e. The molecule has 0 spiro atoms. The van der Waals surface area contributed by atoms with Crippen molar-refractivity contribution in [3.8, 4) is 0 Å². The van der Waals surface area contributed by atoms with E-state index < -0.39 is 0 Å². The van der Waals surface area contributed by atoms with Crippen LogP contribution in [0.4, 0.5) is 0 Å². The van der Waals surface area contributed by atoms with Gasteiger partial charge in [0.05, 0.1) is 6.20 Å². The first kappa shape index (κ1) is 20.0. The van der Waals surface area contributed by atoms with E-state index in [1.807, 2.05) is 49.9 Å². The van der Waals surface area contributed by atoms with Crippen LogP contribution in [-0.2, 0) is 6.54 Å². The highest BCUT2D eigenvalue weighted by Crippen LogP contribution is 2.21. The predicted molar refractivity (Wildman–Crippen MR) is 107 cm³/mol. The van der Waals surface area contributed by atoms with Gasteiger partial charge in [0.1, 0.15) is 0 Å². The maximum atomic E-state index is 12.9. The average Bonchev–Trinajstić information content (AvgIpc) is 3.17. The number of likely N-dealkylation sites (tertiary alicyclic amines) is 1. The Morgan fingerprint density at radius 1 is 1.21 bits per heavy atom. The molecule has 1 aromatic carbocycles. The van der Waals surface area contributed by atoms with E-state index in [4.69, 9.17) is 0 Å². The number of nitrogens with zero attached hydrogens (tertiary/aromatic N) is 5. The highest BCUT2D eigenvalue weighted by atomic mass is 16.2. The average molecular weight is 383 g/mol. The van der Waals surface area contributed by atoms with Gasteiger partial charge in [-0.15, -0.1) is 5.10 Å². The second-order valence-corrected chi connectivity index (χ2v) is 7.38. The molecule has 7 heteroatoms. The highest BCUT2D eigenvalue weighted by Gasteiger charge is 2.26. The van der Waals surface area contributed by atoms with Crippen molar-refractivity contribution < 1.29 is 9.59 Å². The summed E-state index contributed by atoms with van der Waals surface area (Å²) in [6, 6.07) is 7.72. The third kappa shape index (κ3) is 4.40. The van der Waals surface area contributed by atoms with Crippen LogP contribution in [0.5, 0.6) is 0 Å². The van der Waals surface area contributed by atoms with Gasteiger partial charge in [-0.3, -0.25) is 14.3 Å². The standard InChI is InChI=1S/C21H29N5O2/c1-4-24(5-2)21(28)19-15-26(23-22-19)14-17-10-8-12-25(13-17)20(27)18-11-7-6-9-16(18)3/h6-7,9,11,15,17H,4-5,8,10,12-14H2,1-3H3/t17-/m1/s1. The molecule has 1 aromatic heterocycles. The summed E-state index contributed by atoms with van der Waals surface area (Å²) in [4.78, 5) is 29.0. The van der Waals surface area contributed by atoms with Crippen LogP contribution >= 0.6 is 0 Å². The van der Waals surface area contributed by atoms with Gasteiger partial charge in [-0.1, -0.05) is 23.4 Å². The van der Waals surface area contributed by atoms with Crippen LogP contribution in [0.25, 0.3) is 0 Å². The van der Waals surface area contributed by atoms with Crippen LogP contribution in [0.1, 0.15) is 53.1 Å². The first-order valence-corrected chi connectivity index (χ1v) is 10.1. The van der Waals surface area contributed by atoms with E-state index in [2.05, 4.69) is 10.3 Å². The molecule has 1 saturated heterocycles. The number of carbonyl (C=O) groups excluding carboxylic acids is 2. The molecular weight excluding hydrogens is 354 g/mol. The van der Waals surface area contributed by atoms with Crippen molar-refractivity contribution in [2.75, 3.05) is 26.2 Å². The molecule has 0 saturated carbocycles. The maximum absolute atomic E-state index is 12.9. The number of carbonyl (C=O) groups is 2. The Morgan fingerprint density at radius 3 is 2.68 bits per heavy atom. The van der Waals surface area contributed by atoms with Crippen LogP contribution in [0, 0.1) is 12.8 Å². The topological polar surface area (TPSA) is 71.3 Å². The third-order valence-electron chi connectivity index (χ3n) is 5.44. The molecule has 0 unspecified atom stereocenters. The lowest BCUT2D eigenvalue weighted by molar-refractivity contribution is 0.0658. The minimum Gasteiger partial charge on any atom is -0.338 e. The Morgan fingerprint density at radius 2 is 1.96 bits per heavy atom. The van der Waals surface area contributed by atoms with Crippen molar-refractivity contribution in [3.05, 3.63) is 47.3 Å². The summed E-state index contributed by atoms with van der Waals surface area (Å²) in [5, 5.41) is 8.19. The lowest BCUT2D eigenvalue weighted by Crippen LogP contribution is -2.41. The number of rotatable bonds is 6. The molecule has 1 atom stereocenters. The second kappa shape index (κ2) is 8.99. The fraction of sp³-hybridized carbons (Fsp3) is 0.524. The first-order valence-electron chi connectivity index (χ1n) is 10.1. The quantitative estimate of drug-likeness (QED) is 0.769. The molecule has 3 rings (SSSR count). The summed E-state index contributed by atoms with van der Waals surface area (Å²) >= 11 is 0. The van der Waals surface area contributed by atoms with Crippen LogP contribution in [-0.4, -0.2) is 62.8 Å². The predicted octanol–water partition coefficient (Wildman–Crippen LogP) is 2.62. The minimum atomic E-state index is -0.0868. The summed E-state index contributed by atoms with van der Waals surface area (Å²) < 4.78 is 1.74. The van der Waals surface area contributed by atoms with Crippen molar-refractivity contribution in [1.82, 2.24) is 24.8 Å². The highest BCUT2D eigenvalue weighted by molar-refractivity contribution is 5.95. The van der Waals surface area contributed by atoms with E-state index in [-0.39, 0.29) is 11.8 Å². The molecule has 0 bridgehead atoms. The van der Waals surface area contributed by atoms with Gasteiger partial charge in [-0.25, -0.2) is 0 Å². The fourth-order valence-corrected chi connectivity index (χ4v) is 3.80. The summed E-state index contributed by atoms with van der Waals surface area (Å²) in [7, 11) is 0. The van der Waals surface area contributed by atoms with Crippen LogP contribution in [0.2, 0.25) is 0 Å². The van der Waals surface area contributed by atoms with Gasteiger partial charge in [-0.2, -0.15) is 0 Å². The van der Waals surface area contributed by atoms with Crippen molar-refractivity contribution >= 4 is 11.8 Å². The summed E-state index contributed by atoms with van der Waals surface area (Å²) in [5.41, 5.74) is 2.16. The number of hydrogen-bond donors (Lipinski definition) is 0. The first-order chi connectivity index (χ1) is 13.5. The van der Waals surface area contributed by atoms with Crippen LogP contribution < -0.4 is 0 Å². The smallest absolute Gasteiger partial charge is 0.276 e. The molecule has 2 heterocycles. The second-order valence-electron chi connectivity index (χ2n) is 7.38. The molecule has 1 aliphatic rings. The Hall–Kier alpha value is -2.70. The molecular formula is C21H29N5O2. The monoisotopic (exact) mass is 383 g/mol. The Bertz CT molecular complexity index is 828.